The molecule has 0 saturated heterocycles. The van der Waals surface area contributed by atoms with Gasteiger partial charge in [-0.1, -0.05) is 30.3 Å². The van der Waals surface area contributed by atoms with Gasteiger partial charge in [0.05, 0.1) is 12.3 Å². The molecule has 6 heteroatoms. The Morgan fingerprint density at radius 3 is 2.65 bits per heavy atom. The second-order valence-electron chi connectivity index (χ2n) is 4.53. The van der Waals surface area contributed by atoms with Crippen molar-refractivity contribution in [3.05, 3.63) is 59.4 Å². The molecule has 23 heavy (non-hydrogen) atoms. The number of ether oxygens (including phenoxy) is 2. The van der Waals surface area contributed by atoms with Crippen LogP contribution in [-0.2, 0) is 11.3 Å². The average molecular weight is 314 g/mol. The van der Waals surface area contributed by atoms with Gasteiger partial charge in [0.2, 0.25) is 0 Å². The summed E-state index contributed by atoms with van der Waals surface area (Å²) in [5, 5.41) is 11.5. The Labute approximate surface area is 133 Å². The number of rotatable bonds is 5. The highest BCUT2D eigenvalue weighted by molar-refractivity contribution is 5.87. The zero-order chi connectivity index (χ0) is 16.7. The normalized spacial score (nSPS) is 9.78. The van der Waals surface area contributed by atoms with Crippen LogP contribution in [0, 0.1) is 17.1 Å². The standard InChI is InChI=1S/C17H15FN2O3/c1-2-22-16-13(10-19)14(18)8-9-15(16)20-17(21)23-11-12-6-4-3-5-7-12/h3-9H,2,11H2,1H3,(H,20,21). The summed E-state index contributed by atoms with van der Waals surface area (Å²) < 4.78 is 24.0. The highest BCUT2D eigenvalue weighted by Gasteiger charge is 2.17. The molecule has 0 aliphatic rings. The fraction of sp³-hybridized carbons (Fsp3) is 0.176. The van der Waals surface area contributed by atoms with E-state index in [4.69, 9.17) is 14.7 Å². The highest BCUT2D eigenvalue weighted by Crippen LogP contribution is 2.31. The number of anilines is 1. The van der Waals surface area contributed by atoms with Gasteiger partial charge in [-0.25, -0.2) is 9.18 Å². The van der Waals surface area contributed by atoms with E-state index in [-0.39, 0.29) is 30.2 Å². The number of hydrogen-bond acceptors (Lipinski definition) is 4. The Bertz CT molecular complexity index is 727. The number of nitrogens with zero attached hydrogens (tertiary/aromatic N) is 1. The van der Waals surface area contributed by atoms with E-state index < -0.39 is 11.9 Å². The van der Waals surface area contributed by atoms with Crippen LogP contribution >= 0.6 is 0 Å². The van der Waals surface area contributed by atoms with E-state index in [0.717, 1.165) is 11.6 Å². The number of nitriles is 1. The maximum atomic E-state index is 13.6. The summed E-state index contributed by atoms with van der Waals surface area (Å²) >= 11 is 0. The fourth-order valence-electron chi connectivity index (χ4n) is 1.92. The SMILES string of the molecule is CCOc1c(NC(=O)OCc2ccccc2)ccc(F)c1C#N. The Balaban J connectivity index is 2.10. The van der Waals surface area contributed by atoms with E-state index >= 15 is 0 Å². The first kappa shape index (κ1) is 16.3. The third-order valence-electron chi connectivity index (χ3n) is 2.96. The molecular weight excluding hydrogens is 299 g/mol. The van der Waals surface area contributed by atoms with Crippen LogP contribution in [0.15, 0.2) is 42.5 Å². The zero-order valence-electron chi connectivity index (χ0n) is 12.5. The molecular formula is C17H15FN2O3. The Hall–Kier alpha value is -3.07. The molecule has 118 valence electrons. The molecule has 0 radical (unpaired) electrons. The second-order valence-corrected chi connectivity index (χ2v) is 4.53. The minimum absolute atomic E-state index is 0.00772. The Morgan fingerprint density at radius 2 is 2.00 bits per heavy atom. The van der Waals surface area contributed by atoms with Crippen molar-refractivity contribution in [2.45, 2.75) is 13.5 Å². The van der Waals surface area contributed by atoms with Gasteiger partial charge in [0, 0.05) is 0 Å². The van der Waals surface area contributed by atoms with E-state index in [1.165, 1.54) is 6.07 Å². The number of nitrogens with one attached hydrogen (secondary N) is 1. The summed E-state index contributed by atoms with van der Waals surface area (Å²) in [7, 11) is 0. The molecule has 2 rings (SSSR count). The van der Waals surface area contributed by atoms with Crippen LogP contribution in [-0.4, -0.2) is 12.7 Å². The first-order valence-corrected chi connectivity index (χ1v) is 6.98. The van der Waals surface area contributed by atoms with Gasteiger partial charge < -0.3 is 9.47 Å². The van der Waals surface area contributed by atoms with Crippen LogP contribution in [0.5, 0.6) is 5.75 Å². The molecule has 0 saturated carbocycles. The predicted octanol–water partition coefficient (Wildman–Crippen LogP) is 3.84. The van der Waals surface area contributed by atoms with Gasteiger partial charge in [-0.2, -0.15) is 5.26 Å². The topological polar surface area (TPSA) is 71.3 Å². The summed E-state index contributed by atoms with van der Waals surface area (Å²) in [5.41, 5.74) is 0.764. The lowest BCUT2D eigenvalue weighted by molar-refractivity contribution is 0.155. The van der Waals surface area contributed by atoms with Gasteiger partial charge in [-0.05, 0) is 24.6 Å². The summed E-state index contributed by atoms with van der Waals surface area (Å²) in [6.07, 6.45) is -0.717. The number of halogens is 1. The highest BCUT2D eigenvalue weighted by atomic mass is 19.1. The van der Waals surface area contributed by atoms with Crippen molar-refractivity contribution in [3.63, 3.8) is 0 Å². The molecule has 0 fully saturated rings. The minimum Gasteiger partial charge on any atom is -0.490 e. The van der Waals surface area contributed by atoms with Crippen LogP contribution in [0.3, 0.4) is 0 Å². The first-order valence-electron chi connectivity index (χ1n) is 6.98. The molecule has 0 heterocycles. The van der Waals surface area contributed by atoms with Crippen molar-refractivity contribution in [1.29, 1.82) is 5.26 Å². The molecule has 0 spiro atoms. The summed E-state index contributed by atoms with van der Waals surface area (Å²) in [6.45, 7) is 2.03. The van der Waals surface area contributed by atoms with Crippen LogP contribution in [0.4, 0.5) is 14.9 Å². The number of carbonyl (C=O) groups excluding carboxylic acids is 1. The second kappa shape index (κ2) is 7.80. The van der Waals surface area contributed by atoms with Crippen molar-refractivity contribution in [2.24, 2.45) is 0 Å². The van der Waals surface area contributed by atoms with Gasteiger partial charge in [0.1, 0.15) is 24.1 Å². The van der Waals surface area contributed by atoms with Gasteiger partial charge >= 0.3 is 6.09 Å². The van der Waals surface area contributed by atoms with Crippen LogP contribution < -0.4 is 10.1 Å². The molecule has 1 N–H and O–H groups in total. The molecule has 0 bridgehead atoms. The van der Waals surface area contributed by atoms with Crippen molar-refractivity contribution in [3.8, 4) is 11.8 Å². The molecule has 5 nitrogen and oxygen atoms in total. The van der Waals surface area contributed by atoms with E-state index in [1.54, 1.807) is 13.0 Å². The lowest BCUT2D eigenvalue weighted by Gasteiger charge is -2.13. The third kappa shape index (κ3) is 4.20. The molecule has 0 aliphatic heterocycles. The summed E-state index contributed by atoms with van der Waals surface area (Å²) in [4.78, 5) is 11.9. The predicted molar refractivity (Wildman–Crippen MR) is 82.5 cm³/mol. The van der Waals surface area contributed by atoms with Gasteiger partial charge in [0.15, 0.2) is 5.75 Å². The Kier molecular flexibility index (Phi) is 5.53. The summed E-state index contributed by atoms with van der Waals surface area (Å²) in [6, 6.07) is 13.3. The number of hydrogen-bond donors (Lipinski definition) is 1. The number of amides is 1. The molecule has 2 aromatic rings. The van der Waals surface area contributed by atoms with E-state index in [9.17, 15) is 9.18 Å². The van der Waals surface area contributed by atoms with Crippen molar-refractivity contribution < 1.29 is 18.7 Å². The average Bonchev–Trinajstić information content (AvgIpc) is 2.57. The maximum Gasteiger partial charge on any atom is 0.412 e. The van der Waals surface area contributed by atoms with Crippen molar-refractivity contribution in [2.75, 3.05) is 11.9 Å². The van der Waals surface area contributed by atoms with Gasteiger partial charge in [0.25, 0.3) is 0 Å². The summed E-state index contributed by atoms with van der Waals surface area (Å²) in [5.74, 6) is -0.717. The van der Waals surface area contributed by atoms with Crippen LogP contribution in [0.1, 0.15) is 18.1 Å². The van der Waals surface area contributed by atoms with Crippen molar-refractivity contribution in [1.82, 2.24) is 0 Å². The van der Waals surface area contributed by atoms with E-state index in [1.807, 2.05) is 30.3 Å². The largest absolute Gasteiger partial charge is 0.490 e. The number of benzene rings is 2. The third-order valence-corrected chi connectivity index (χ3v) is 2.96. The molecule has 0 unspecified atom stereocenters. The molecule has 0 atom stereocenters. The first-order chi connectivity index (χ1) is 11.2. The molecule has 0 aliphatic carbocycles. The van der Waals surface area contributed by atoms with E-state index in [0.29, 0.717) is 0 Å². The smallest absolute Gasteiger partial charge is 0.412 e. The lowest BCUT2D eigenvalue weighted by Crippen LogP contribution is -2.15. The molecule has 0 aromatic heterocycles. The number of carbonyl (C=O) groups is 1. The fourth-order valence-corrected chi connectivity index (χ4v) is 1.92. The monoisotopic (exact) mass is 314 g/mol. The van der Waals surface area contributed by atoms with Crippen LogP contribution in [0.2, 0.25) is 0 Å². The van der Waals surface area contributed by atoms with Gasteiger partial charge in [-0.15, -0.1) is 0 Å². The Morgan fingerprint density at radius 1 is 1.26 bits per heavy atom. The molecule has 2 aromatic carbocycles. The van der Waals surface area contributed by atoms with Crippen LogP contribution in [0.25, 0.3) is 0 Å². The quantitative estimate of drug-likeness (QED) is 0.910. The van der Waals surface area contributed by atoms with Crippen molar-refractivity contribution >= 4 is 11.8 Å². The molecule has 1 amide bonds. The zero-order valence-corrected chi connectivity index (χ0v) is 12.5. The van der Waals surface area contributed by atoms with E-state index in [2.05, 4.69) is 5.32 Å². The van der Waals surface area contributed by atoms with Gasteiger partial charge in [-0.3, -0.25) is 5.32 Å². The lowest BCUT2D eigenvalue weighted by atomic mass is 10.1. The maximum absolute atomic E-state index is 13.6. The minimum atomic E-state index is -0.717.